The lowest BCUT2D eigenvalue weighted by Gasteiger charge is -2.34. The van der Waals surface area contributed by atoms with Crippen molar-refractivity contribution in [2.24, 2.45) is 0 Å². The molecule has 10 heteroatoms. The van der Waals surface area contributed by atoms with Crippen LogP contribution in [0, 0.1) is 0 Å². The van der Waals surface area contributed by atoms with E-state index in [4.69, 9.17) is 0 Å². The topological polar surface area (TPSA) is 113 Å². The zero-order valence-electron chi connectivity index (χ0n) is 15.9. The molecule has 1 aromatic carbocycles. The van der Waals surface area contributed by atoms with E-state index in [1.54, 1.807) is 13.1 Å². The van der Waals surface area contributed by atoms with Crippen LogP contribution in [0.5, 0.6) is 5.75 Å². The Kier molecular flexibility index (Phi) is 6.65. The summed E-state index contributed by atoms with van der Waals surface area (Å²) in [4.78, 5) is 27.7. The number of anilines is 1. The summed E-state index contributed by atoms with van der Waals surface area (Å²) in [6, 6.07) is 3.51. The maximum Gasteiger partial charge on any atom is 0.262 e. The van der Waals surface area contributed by atoms with E-state index in [0.717, 1.165) is 36.0 Å². The molecule has 2 aliphatic heterocycles. The second-order valence-electron chi connectivity index (χ2n) is 7.15. The molecule has 0 radical (unpaired) electrons. The Labute approximate surface area is 166 Å². The van der Waals surface area contributed by atoms with E-state index in [2.05, 4.69) is 15.1 Å². The van der Waals surface area contributed by atoms with Gasteiger partial charge in [0, 0.05) is 46.2 Å². The molecule has 1 unspecified atom stereocenters. The van der Waals surface area contributed by atoms with E-state index in [9.17, 15) is 23.5 Å². The Morgan fingerprint density at radius 2 is 1.86 bits per heavy atom. The van der Waals surface area contributed by atoms with E-state index < -0.39 is 11.3 Å². The largest absolute Gasteiger partial charge is 0.506 e. The number of ketones is 1. The fourth-order valence-corrected chi connectivity index (χ4v) is 4.31. The van der Waals surface area contributed by atoms with Gasteiger partial charge in [0.05, 0.1) is 18.8 Å². The summed E-state index contributed by atoms with van der Waals surface area (Å²) in [6.45, 7) is 4.03. The minimum absolute atomic E-state index is 0.00416. The molecule has 0 saturated carbocycles. The molecule has 0 aromatic heterocycles. The number of nitrogens with zero attached hydrogens (tertiary/aromatic N) is 3. The molecular formula is C18H26N4O5S. The molecule has 1 amide bonds. The van der Waals surface area contributed by atoms with Crippen molar-refractivity contribution in [2.75, 3.05) is 50.6 Å². The van der Waals surface area contributed by atoms with Gasteiger partial charge in [0.15, 0.2) is 5.78 Å². The summed E-state index contributed by atoms with van der Waals surface area (Å²) in [7, 11) is 1.63. The lowest BCUT2D eigenvalue weighted by molar-refractivity contribution is -0.122. The van der Waals surface area contributed by atoms with Crippen molar-refractivity contribution < 1.29 is 23.5 Å². The number of nitrogens with one attached hydrogen (secondary N) is 1. The number of Topliss-reactive ketones (excluding diaryl/α,β-unsaturated/α-hetero) is 1. The fourth-order valence-electron chi connectivity index (χ4n) is 3.68. The summed E-state index contributed by atoms with van der Waals surface area (Å²) in [5.74, 6) is -0.209. The molecule has 1 aromatic rings. The second-order valence-corrected chi connectivity index (χ2v) is 8.06. The Morgan fingerprint density at radius 1 is 1.18 bits per heavy atom. The number of amides is 1. The van der Waals surface area contributed by atoms with Crippen molar-refractivity contribution in [3.05, 3.63) is 23.3 Å². The van der Waals surface area contributed by atoms with Gasteiger partial charge in [-0.1, -0.05) is 6.07 Å². The maximum absolute atomic E-state index is 11.9. The number of rotatable bonds is 5. The van der Waals surface area contributed by atoms with Crippen LogP contribution in [0.1, 0.15) is 17.5 Å². The van der Waals surface area contributed by atoms with Gasteiger partial charge in [0.1, 0.15) is 5.75 Å². The first-order valence-corrected chi connectivity index (χ1v) is 10.3. The zero-order chi connectivity index (χ0) is 20.3. The summed E-state index contributed by atoms with van der Waals surface area (Å²) >= 11 is -2.37. The van der Waals surface area contributed by atoms with Crippen molar-refractivity contribution in [1.29, 1.82) is 0 Å². The average molecular weight is 410 g/mol. The number of hydrogen-bond acceptors (Lipinski definition) is 6. The summed E-state index contributed by atoms with van der Waals surface area (Å²) < 4.78 is 22.2. The Morgan fingerprint density at radius 3 is 2.50 bits per heavy atom. The highest BCUT2D eigenvalue weighted by Crippen LogP contribution is 2.36. The van der Waals surface area contributed by atoms with Gasteiger partial charge in [-0.3, -0.25) is 28.2 Å². The highest BCUT2D eigenvalue weighted by molar-refractivity contribution is 7.80. The maximum atomic E-state index is 11.9. The van der Waals surface area contributed by atoms with Crippen LogP contribution >= 0.6 is 0 Å². The van der Waals surface area contributed by atoms with Crippen molar-refractivity contribution in [1.82, 2.24) is 15.1 Å². The molecule has 28 heavy (non-hydrogen) atoms. The van der Waals surface area contributed by atoms with Gasteiger partial charge in [-0.05, 0) is 23.6 Å². The van der Waals surface area contributed by atoms with Crippen molar-refractivity contribution in [2.45, 2.75) is 19.4 Å². The van der Waals surface area contributed by atoms with Crippen molar-refractivity contribution in [3.63, 3.8) is 0 Å². The number of likely N-dealkylation sites (N-methyl/N-ethyl adjacent to an activating group) is 1. The number of piperazine rings is 1. The van der Waals surface area contributed by atoms with Gasteiger partial charge in [0.2, 0.25) is 5.91 Å². The summed E-state index contributed by atoms with van der Waals surface area (Å²) in [5.41, 5.74) is 1.88. The van der Waals surface area contributed by atoms with Crippen LogP contribution in [0.2, 0.25) is 0 Å². The molecular weight excluding hydrogens is 384 g/mol. The van der Waals surface area contributed by atoms with Crippen LogP contribution < -0.4 is 9.62 Å². The molecule has 3 rings (SSSR count). The number of hydrogen-bond donors (Lipinski definition) is 3. The van der Waals surface area contributed by atoms with E-state index in [1.807, 2.05) is 6.07 Å². The second kappa shape index (κ2) is 8.99. The molecule has 9 nitrogen and oxygen atoms in total. The third-order valence-corrected chi connectivity index (χ3v) is 5.87. The first-order chi connectivity index (χ1) is 13.4. The monoisotopic (exact) mass is 410 g/mol. The first-order valence-electron chi connectivity index (χ1n) is 9.27. The average Bonchev–Trinajstić information content (AvgIpc) is 2.83. The molecule has 1 atom stereocenters. The SMILES string of the molecule is CNC(=O)CN1CCN(Cc2cc(O)c3c(c2)CCC(=O)CN3S(=O)O)CC1. The predicted octanol–water partition coefficient (Wildman–Crippen LogP) is -0.286. The van der Waals surface area contributed by atoms with Crippen molar-refractivity contribution in [3.8, 4) is 5.75 Å². The van der Waals surface area contributed by atoms with Crippen LogP contribution in [0.25, 0.3) is 0 Å². The third-order valence-electron chi connectivity index (χ3n) is 5.18. The molecule has 2 heterocycles. The van der Waals surface area contributed by atoms with E-state index in [0.29, 0.717) is 25.1 Å². The Balaban J connectivity index is 1.70. The van der Waals surface area contributed by atoms with Gasteiger partial charge >= 0.3 is 0 Å². The lowest BCUT2D eigenvalue weighted by atomic mass is 10.0. The lowest BCUT2D eigenvalue weighted by Crippen LogP contribution is -2.48. The van der Waals surface area contributed by atoms with Gasteiger partial charge < -0.3 is 10.4 Å². The van der Waals surface area contributed by atoms with Crippen LogP contribution in [0.15, 0.2) is 12.1 Å². The molecule has 1 fully saturated rings. The third kappa shape index (κ3) is 4.88. The summed E-state index contributed by atoms with van der Waals surface area (Å²) in [6.07, 6.45) is 0.713. The number of aryl methyl sites for hydroxylation is 1. The van der Waals surface area contributed by atoms with Crippen LogP contribution in [0.3, 0.4) is 0 Å². The highest BCUT2D eigenvalue weighted by atomic mass is 32.2. The zero-order valence-corrected chi connectivity index (χ0v) is 16.7. The number of phenols is 1. The van der Waals surface area contributed by atoms with Crippen LogP contribution in [-0.4, -0.2) is 81.7 Å². The molecule has 0 bridgehead atoms. The van der Waals surface area contributed by atoms with Gasteiger partial charge in [0.25, 0.3) is 11.3 Å². The molecule has 154 valence electrons. The standard InChI is InChI=1S/C18H26N4O5S/c1-19-17(25)12-21-6-4-20(5-7-21)10-13-8-14-2-3-15(23)11-22(28(26)27)18(14)16(24)9-13/h8-9,24H,2-7,10-12H2,1H3,(H,19,25)(H,26,27). The normalized spacial score (nSPS) is 19.8. The predicted molar refractivity (Wildman–Crippen MR) is 105 cm³/mol. The number of benzene rings is 1. The number of carbonyl (C=O) groups excluding carboxylic acids is 2. The van der Waals surface area contributed by atoms with Crippen LogP contribution in [0.4, 0.5) is 5.69 Å². The van der Waals surface area contributed by atoms with Crippen LogP contribution in [-0.2, 0) is 33.8 Å². The number of fused-ring (bicyclic) bond motifs is 1. The Bertz CT molecular complexity index is 779. The highest BCUT2D eigenvalue weighted by Gasteiger charge is 2.27. The minimum Gasteiger partial charge on any atom is -0.506 e. The molecule has 1 saturated heterocycles. The number of aromatic hydroxyl groups is 1. The summed E-state index contributed by atoms with van der Waals surface area (Å²) in [5, 5.41) is 13.1. The smallest absolute Gasteiger partial charge is 0.262 e. The molecule has 0 spiro atoms. The molecule has 2 aliphatic rings. The van der Waals surface area contributed by atoms with Gasteiger partial charge in [-0.15, -0.1) is 0 Å². The number of phenolic OH excluding ortho intramolecular Hbond substituents is 1. The Hall–Kier alpha value is -2.01. The quantitative estimate of drug-likeness (QED) is 0.572. The fraction of sp³-hybridized carbons (Fsp3) is 0.556. The molecule has 3 N–H and O–H groups in total. The van der Waals surface area contributed by atoms with Gasteiger partial charge in [-0.2, -0.15) is 0 Å². The first kappa shape index (κ1) is 20.7. The molecule has 0 aliphatic carbocycles. The number of carbonyl (C=O) groups is 2. The van der Waals surface area contributed by atoms with E-state index in [1.165, 1.54) is 0 Å². The minimum atomic E-state index is -2.37. The van der Waals surface area contributed by atoms with Crippen molar-refractivity contribution >= 4 is 28.6 Å². The van der Waals surface area contributed by atoms with Gasteiger partial charge in [-0.25, -0.2) is 4.21 Å². The van der Waals surface area contributed by atoms with E-state index in [-0.39, 0.29) is 36.1 Å². The van der Waals surface area contributed by atoms with E-state index >= 15 is 0 Å².